The van der Waals surface area contributed by atoms with Gasteiger partial charge in [-0.2, -0.15) is 0 Å². The summed E-state index contributed by atoms with van der Waals surface area (Å²) in [7, 11) is 3.19. The van der Waals surface area contributed by atoms with Crippen LogP contribution in [0.4, 0.5) is 0 Å². The van der Waals surface area contributed by atoms with E-state index in [9.17, 15) is 4.79 Å². The minimum Gasteiger partial charge on any atom is -0.493 e. The lowest BCUT2D eigenvalue weighted by Gasteiger charge is -2.12. The molecule has 19 heavy (non-hydrogen) atoms. The van der Waals surface area contributed by atoms with Crippen molar-refractivity contribution in [2.75, 3.05) is 20.8 Å². The van der Waals surface area contributed by atoms with Crippen LogP contribution in [0.1, 0.15) is 18.9 Å². The molecule has 1 aromatic rings. The minimum atomic E-state index is 0.00716. The van der Waals surface area contributed by atoms with E-state index in [1.165, 1.54) is 0 Å². The third-order valence-corrected chi connectivity index (χ3v) is 2.85. The third-order valence-electron chi connectivity index (χ3n) is 2.85. The number of nitrogens with two attached hydrogens (primary N) is 1. The van der Waals surface area contributed by atoms with E-state index in [1.807, 2.05) is 25.1 Å². The molecule has 1 amide bonds. The molecule has 3 N–H and O–H groups in total. The fourth-order valence-electron chi connectivity index (χ4n) is 1.70. The maximum absolute atomic E-state index is 11.6. The Hall–Kier alpha value is -1.75. The zero-order valence-electron chi connectivity index (χ0n) is 11.7. The van der Waals surface area contributed by atoms with E-state index in [4.69, 9.17) is 15.2 Å². The molecule has 0 radical (unpaired) electrons. The molecule has 0 unspecified atom stereocenters. The molecule has 1 atom stereocenters. The first-order valence-corrected chi connectivity index (χ1v) is 6.31. The Morgan fingerprint density at radius 2 is 2.00 bits per heavy atom. The maximum Gasteiger partial charge on any atom is 0.220 e. The summed E-state index contributed by atoms with van der Waals surface area (Å²) in [5, 5.41) is 2.83. The molecule has 0 fully saturated rings. The van der Waals surface area contributed by atoms with Crippen molar-refractivity contribution < 1.29 is 14.3 Å². The number of amides is 1. The molecule has 0 aliphatic rings. The van der Waals surface area contributed by atoms with Crippen molar-refractivity contribution in [1.29, 1.82) is 0 Å². The molecule has 0 bridgehead atoms. The van der Waals surface area contributed by atoms with Crippen LogP contribution in [0, 0.1) is 0 Å². The monoisotopic (exact) mass is 266 g/mol. The van der Waals surface area contributed by atoms with Gasteiger partial charge in [0.25, 0.3) is 0 Å². The molecular weight excluding hydrogens is 244 g/mol. The summed E-state index contributed by atoms with van der Waals surface area (Å²) < 4.78 is 10.4. The normalized spacial score (nSPS) is 11.8. The van der Waals surface area contributed by atoms with E-state index in [2.05, 4.69) is 5.32 Å². The van der Waals surface area contributed by atoms with Crippen molar-refractivity contribution in [2.45, 2.75) is 25.8 Å². The molecule has 5 nitrogen and oxygen atoms in total. The van der Waals surface area contributed by atoms with Crippen LogP contribution in [0.3, 0.4) is 0 Å². The second-order valence-electron chi connectivity index (χ2n) is 4.39. The number of benzene rings is 1. The summed E-state index contributed by atoms with van der Waals surface area (Å²) >= 11 is 0. The van der Waals surface area contributed by atoms with Crippen molar-refractivity contribution in [3.63, 3.8) is 0 Å². The Kier molecular flexibility index (Phi) is 6.15. The zero-order chi connectivity index (χ0) is 14.3. The Labute approximate surface area is 114 Å². The van der Waals surface area contributed by atoms with Crippen molar-refractivity contribution in [2.24, 2.45) is 5.73 Å². The molecule has 0 aliphatic carbocycles. The van der Waals surface area contributed by atoms with Gasteiger partial charge in [0.1, 0.15) is 0 Å². The number of rotatable bonds is 7. The fourth-order valence-corrected chi connectivity index (χ4v) is 1.70. The molecule has 0 heterocycles. The summed E-state index contributed by atoms with van der Waals surface area (Å²) in [5.41, 5.74) is 6.49. The second-order valence-corrected chi connectivity index (χ2v) is 4.39. The van der Waals surface area contributed by atoms with Crippen molar-refractivity contribution in [1.82, 2.24) is 5.32 Å². The van der Waals surface area contributed by atoms with Crippen LogP contribution in [0.25, 0.3) is 0 Å². The Morgan fingerprint density at radius 3 is 2.58 bits per heavy atom. The summed E-state index contributed by atoms with van der Waals surface area (Å²) in [5.74, 6) is 1.37. The van der Waals surface area contributed by atoms with Gasteiger partial charge in [-0.25, -0.2) is 0 Å². The zero-order valence-corrected chi connectivity index (χ0v) is 11.7. The van der Waals surface area contributed by atoms with Crippen LogP contribution in [0.5, 0.6) is 11.5 Å². The van der Waals surface area contributed by atoms with Gasteiger partial charge in [-0.15, -0.1) is 0 Å². The van der Waals surface area contributed by atoms with E-state index in [0.29, 0.717) is 30.9 Å². The fraction of sp³-hybridized carbons (Fsp3) is 0.500. The van der Waals surface area contributed by atoms with Gasteiger partial charge in [0, 0.05) is 19.0 Å². The third kappa shape index (κ3) is 4.79. The van der Waals surface area contributed by atoms with Gasteiger partial charge in [0.15, 0.2) is 11.5 Å². The van der Waals surface area contributed by atoms with Gasteiger partial charge in [0.05, 0.1) is 14.2 Å². The highest BCUT2D eigenvalue weighted by molar-refractivity contribution is 5.76. The summed E-state index contributed by atoms with van der Waals surface area (Å²) in [6, 6.07) is 5.67. The summed E-state index contributed by atoms with van der Waals surface area (Å²) in [6.45, 7) is 2.33. The number of hydrogen-bond donors (Lipinski definition) is 2. The van der Waals surface area contributed by atoms with E-state index < -0.39 is 0 Å². The second kappa shape index (κ2) is 7.63. The van der Waals surface area contributed by atoms with Crippen LogP contribution in [-0.4, -0.2) is 32.7 Å². The predicted octanol–water partition coefficient (Wildman–Crippen LogP) is 1.10. The average Bonchev–Trinajstić information content (AvgIpc) is 2.44. The summed E-state index contributed by atoms with van der Waals surface area (Å²) in [6.07, 6.45) is 1.09. The average molecular weight is 266 g/mol. The Bertz CT molecular complexity index is 421. The molecule has 5 heteroatoms. The predicted molar refractivity (Wildman–Crippen MR) is 74.5 cm³/mol. The lowest BCUT2D eigenvalue weighted by molar-refractivity contribution is -0.121. The van der Waals surface area contributed by atoms with E-state index >= 15 is 0 Å². The molecule has 1 aromatic carbocycles. The summed E-state index contributed by atoms with van der Waals surface area (Å²) in [4.78, 5) is 11.6. The van der Waals surface area contributed by atoms with Gasteiger partial charge in [-0.1, -0.05) is 6.07 Å². The first-order valence-electron chi connectivity index (χ1n) is 6.31. The molecule has 0 aliphatic heterocycles. The van der Waals surface area contributed by atoms with Gasteiger partial charge >= 0.3 is 0 Å². The van der Waals surface area contributed by atoms with Gasteiger partial charge in [-0.3, -0.25) is 4.79 Å². The topological polar surface area (TPSA) is 73.6 Å². The van der Waals surface area contributed by atoms with Crippen LogP contribution in [0.2, 0.25) is 0 Å². The number of methoxy groups -OCH3 is 2. The van der Waals surface area contributed by atoms with E-state index in [-0.39, 0.29) is 11.9 Å². The van der Waals surface area contributed by atoms with Crippen molar-refractivity contribution >= 4 is 5.91 Å². The molecule has 1 rings (SSSR count). The lowest BCUT2D eigenvalue weighted by Crippen LogP contribution is -2.37. The SMILES string of the molecule is COc1ccc(CCC(=O)N[C@@H](C)CN)cc1OC. The van der Waals surface area contributed by atoms with Crippen LogP contribution in [-0.2, 0) is 11.2 Å². The van der Waals surface area contributed by atoms with Crippen LogP contribution < -0.4 is 20.5 Å². The highest BCUT2D eigenvalue weighted by Crippen LogP contribution is 2.27. The molecule has 0 saturated heterocycles. The largest absolute Gasteiger partial charge is 0.493 e. The van der Waals surface area contributed by atoms with Gasteiger partial charge < -0.3 is 20.5 Å². The highest BCUT2D eigenvalue weighted by Gasteiger charge is 2.08. The van der Waals surface area contributed by atoms with E-state index in [1.54, 1.807) is 14.2 Å². The maximum atomic E-state index is 11.6. The van der Waals surface area contributed by atoms with Crippen LogP contribution in [0.15, 0.2) is 18.2 Å². The first kappa shape index (κ1) is 15.3. The molecular formula is C14H22N2O3. The van der Waals surface area contributed by atoms with Gasteiger partial charge in [-0.05, 0) is 31.0 Å². The molecule has 0 spiro atoms. The number of carbonyl (C=O) groups is 1. The number of ether oxygens (including phenoxy) is 2. The number of aryl methyl sites for hydroxylation is 1. The van der Waals surface area contributed by atoms with Crippen molar-refractivity contribution in [3.8, 4) is 11.5 Å². The Morgan fingerprint density at radius 1 is 1.32 bits per heavy atom. The first-order chi connectivity index (χ1) is 9.10. The smallest absolute Gasteiger partial charge is 0.220 e. The lowest BCUT2D eigenvalue weighted by atomic mass is 10.1. The quantitative estimate of drug-likeness (QED) is 0.775. The number of nitrogens with one attached hydrogen (secondary N) is 1. The number of carbonyl (C=O) groups excluding carboxylic acids is 1. The minimum absolute atomic E-state index is 0.00716. The Balaban J connectivity index is 2.56. The molecule has 106 valence electrons. The molecule has 0 aromatic heterocycles. The highest BCUT2D eigenvalue weighted by atomic mass is 16.5. The number of hydrogen-bond acceptors (Lipinski definition) is 4. The molecule has 0 saturated carbocycles. The van der Waals surface area contributed by atoms with Crippen LogP contribution >= 0.6 is 0 Å². The van der Waals surface area contributed by atoms with Gasteiger partial charge in [0.2, 0.25) is 5.91 Å². The van der Waals surface area contributed by atoms with Crippen molar-refractivity contribution in [3.05, 3.63) is 23.8 Å². The van der Waals surface area contributed by atoms with E-state index in [0.717, 1.165) is 5.56 Å². The standard InChI is InChI=1S/C14H22N2O3/c1-10(9-15)16-14(17)7-5-11-4-6-12(18-2)13(8-11)19-3/h4,6,8,10H,5,7,9,15H2,1-3H3,(H,16,17)/t10-/m0/s1.